The molecule has 2 heterocycles. The highest BCUT2D eigenvalue weighted by Gasteiger charge is 2.40. The minimum absolute atomic E-state index is 0.0528. The van der Waals surface area contributed by atoms with Gasteiger partial charge in [-0.25, -0.2) is 9.97 Å². The van der Waals surface area contributed by atoms with Gasteiger partial charge in [-0.2, -0.15) is 0 Å². The second kappa shape index (κ2) is 4.89. The molecule has 2 N–H and O–H groups in total. The molecule has 2 rings (SSSR count). The van der Waals surface area contributed by atoms with Gasteiger partial charge in [-0.15, -0.1) is 0 Å². The van der Waals surface area contributed by atoms with Crippen LogP contribution in [0, 0.1) is 5.41 Å². The van der Waals surface area contributed by atoms with Crippen LogP contribution in [-0.2, 0) is 11.4 Å². The molecule has 0 spiro atoms. The Balaban J connectivity index is 2.10. The average Bonchev–Trinajstić information content (AvgIpc) is 2.82. The van der Waals surface area contributed by atoms with E-state index in [-0.39, 0.29) is 17.9 Å². The molecule has 18 heavy (non-hydrogen) atoms. The summed E-state index contributed by atoms with van der Waals surface area (Å²) in [4.78, 5) is 22.2. The Morgan fingerprint density at radius 3 is 2.78 bits per heavy atom. The van der Waals surface area contributed by atoms with E-state index in [1.165, 1.54) is 0 Å². The lowest BCUT2D eigenvalue weighted by Crippen LogP contribution is -2.39. The molecule has 1 amide bonds. The van der Waals surface area contributed by atoms with Crippen LogP contribution in [0.5, 0.6) is 0 Å². The smallest absolute Gasteiger partial charge is 0.227 e. The van der Waals surface area contributed by atoms with Gasteiger partial charge in [0.2, 0.25) is 11.9 Å². The Morgan fingerprint density at radius 1 is 1.56 bits per heavy atom. The second-order valence-electron chi connectivity index (χ2n) is 4.86. The van der Waals surface area contributed by atoms with Crippen LogP contribution < -0.4 is 10.2 Å². The van der Waals surface area contributed by atoms with Gasteiger partial charge in [-0.05, 0) is 13.3 Å². The Labute approximate surface area is 106 Å². The van der Waals surface area contributed by atoms with E-state index in [2.05, 4.69) is 15.3 Å². The molecule has 1 saturated heterocycles. The normalized spacial score (nSPS) is 23.2. The zero-order chi connectivity index (χ0) is 13.2. The number of nitrogens with zero attached hydrogens (tertiary/aromatic N) is 3. The van der Waals surface area contributed by atoms with Crippen LogP contribution in [0.1, 0.15) is 18.9 Å². The van der Waals surface area contributed by atoms with Gasteiger partial charge >= 0.3 is 0 Å². The minimum atomic E-state index is -0.381. The molecule has 0 aliphatic carbocycles. The van der Waals surface area contributed by atoms with Crippen LogP contribution >= 0.6 is 0 Å². The number of aliphatic hydroxyl groups excluding tert-OH is 1. The van der Waals surface area contributed by atoms with Gasteiger partial charge in [-0.3, -0.25) is 4.79 Å². The van der Waals surface area contributed by atoms with Crippen molar-refractivity contribution in [2.75, 3.05) is 25.0 Å². The third-order valence-electron chi connectivity index (χ3n) is 3.41. The number of aromatic nitrogens is 2. The van der Waals surface area contributed by atoms with Crippen molar-refractivity contribution in [2.24, 2.45) is 5.41 Å². The predicted octanol–water partition coefficient (Wildman–Crippen LogP) is -0.0687. The van der Waals surface area contributed by atoms with Crippen molar-refractivity contribution in [3.8, 4) is 0 Å². The van der Waals surface area contributed by atoms with Gasteiger partial charge in [-0.1, -0.05) is 0 Å². The highest BCUT2D eigenvalue weighted by atomic mass is 16.3. The number of hydrogen-bond acceptors (Lipinski definition) is 5. The fraction of sp³-hybridized carbons (Fsp3) is 0.583. The number of nitrogens with one attached hydrogen (secondary N) is 1. The van der Waals surface area contributed by atoms with Crippen molar-refractivity contribution in [1.82, 2.24) is 15.3 Å². The van der Waals surface area contributed by atoms with Crippen LogP contribution in [0.2, 0.25) is 0 Å². The van der Waals surface area contributed by atoms with E-state index in [0.717, 1.165) is 13.0 Å². The molecule has 1 atom stereocenters. The van der Waals surface area contributed by atoms with Crippen molar-refractivity contribution in [3.63, 3.8) is 0 Å². The number of amides is 1. The molecule has 0 aromatic carbocycles. The minimum Gasteiger partial charge on any atom is -0.392 e. The van der Waals surface area contributed by atoms with Crippen molar-refractivity contribution < 1.29 is 9.90 Å². The van der Waals surface area contributed by atoms with Gasteiger partial charge in [0.1, 0.15) is 0 Å². The van der Waals surface area contributed by atoms with Crippen LogP contribution in [0.4, 0.5) is 5.95 Å². The van der Waals surface area contributed by atoms with Crippen LogP contribution in [0.3, 0.4) is 0 Å². The van der Waals surface area contributed by atoms with E-state index < -0.39 is 0 Å². The second-order valence-corrected chi connectivity index (χ2v) is 4.86. The van der Waals surface area contributed by atoms with Crippen molar-refractivity contribution in [1.29, 1.82) is 0 Å². The third-order valence-corrected chi connectivity index (χ3v) is 3.41. The average molecular weight is 250 g/mol. The number of rotatable bonds is 3. The Kier molecular flexibility index (Phi) is 3.47. The summed E-state index contributed by atoms with van der Waals surface area (Å²) in [5.41, 5.74) is 0.306. The molecule has 0 bridgehead atoms. The maximum absolute atomic E-state index is 11.8. The summed E-state index contributed by atoms with van der Waals surface area (Å²) in [6, 6.07) is 0. The molecular formula is C12H18N4O2. The first-order valence-electron chi connectivity index (χ1n) is 5.98. The summed E-state index contributed by atoms with van der Waals surface area (Å²) in [5.74, 6) is 0.664. The molecule has 0 saturated carbocycles. The summed E-state index contributed by atoms with van der Waals surface area (Å²) in [5, 5.41) is 11.6. The lowest BCUT2D eigenvalue weighted by atomic mass is 9.89. The molecule has 1 aliphatic heterocycles. The molecule has 1 aromatic rings. The molecule has 6 nitrogen and oxygen atoms in total. The maximum Gasteiger partial charge on any atom is 0.227 e. The Hall–Kier alpha value is -1.69. The lowest BCUT2D eigenvalue weighted by Gasteiger charge is -2.22. The fourth-order valence-corrected chi connectivity index (χ4v) is 2.21. The standard InChI is InChI=1S/C12H18N4O2/c1-12(10(18)13-2)3-4-16(8-12)11-14-5-9(7-17)6-15-11/h5-6,17H,3-4,7-8H2,1-2H3,(H,13,18). The topological polar surface area (TPSA) is 78.4 Å². The predicted molar refractivity (Wildman–Crippen MR) is 67.0 cm³/mol. The maximum atomic E-state index is 11.8. The van der Waals surface area contributed by atoms with Crippen LogP contribution in [0.15, 0.2) is 12.4 Å². The van der Waals surface area contributed by atoms with E-state index in [0.29, 0.717) is 18.1 Å². The Morgan fingerprint density at radius 2 is 2.22 bits per heavy atom. The number of aliphatic hydroxyl groups is 1. The first-order chi connectivity index (χ1) is 8.59. The third kappa shape index (κ3) is 2.28. The van der Waals surface area contributed by atoms with Crippen molar-refractivity contribution >= 4 is 11.9 Å². The van der Waals surface area contributed by atoms with E-state index in [1.807, 2.05) is 11.8 Å². The highest BCUT2D eigenvalue weighted by molar-refractivity contribution is 5.83. The van der Waals surface area contributed by atoms with Crippen LogP contribution in [-0.4, -0.2) is 41.1 Å². The van der Waals surface area contributed by atoms with Gasteiger partial charge in [0.15, 0.2) is 0 Å². The van der Waals surface area contributed by atoms with Crippen molar-refractivity contribution in [3.05, 3.63) is 18.0 Å². The van der Waals surface area contributed by atoms with Crippen molar-refractivity contribution in [2.45, 2.75) is 20.0 Å². The van der Waals surface area contributed by atoms with E-state index in [4.69, 9.17) is 5.11 Å². The van der Waals surface area contributed by atoms with Crippen LogP contribution in [0.25, 0.3) is 0 Å². The monoisotopic (exact) mass is 250 g/mol. The molecule has 1 unspecified atom stereocenters. The summed E-state index contributed by atoms with van der Waals surface area (Å²) >= 11 is 0. The first kappa shape index (κ1) is 12.8. The van der Waals surface area contributed by atoms with Gasteiger partial charge in [0, 0.05) is 38.1 Å². The zero-order valence-corrected chi connectivity index (χ0v) is 10.7. The Bertz CT molecular complexity index is 434. The molecule has 98 valence electrons. The summed E-state index contributed by atoms with van der Waals surface area (Å²) in [7, 11) is 1.66. The number of carbonyl (C=O) groups is 1. The molecule has 6 heteroatoms. The first-order valence-corrected chi connectivity index (χ1v) is 5.98. The van der Waals surface area contributed by atoms with E-state index in [9.17, 15) is 4.79 Å². The summed E-state index contributed by atoms with van der Waals surface area (Å²) < 4.78 is 0. The molecule has 0 radical (unpaired) electrons. The molecule has 1 fully saturated rings. The van der Waals surface area contributed by atoms with E-state index >= 15 is 0 Å². The largest absolute Gasteiger partial charge is 0.392 e. The quantitative estimate of drug-likeness (QED) is 0.785. The summed E-state index contributed by atoms with van der Waals surface area (Å²) in [6.45, 7) is 3.28. The number of hydrogen-bond donors (Lipinski definition) is 2. The molecule has 1 aliphatic rings. The number of anilines is 1. The number of carbonyl (C=O) groups excluding carboxylic acids is 1. The molecule has 1 aromatic heterocycles. The SMILES string of the molecule is CNC(=O)C1(C)CCN(c2ncc(CO)cn2)C1. The van der Waals surface area contributed by atoms with Gasteiger partial charge in [0.05, 0.1) is 12.0 Å². The fourth-order valence-electron chi connectivity index (χ4n) is 2.21. The zero-order valence-electron chi connectivity index (χ0n) is 10.7. The van der Waals surface area contributed by atoms with Gasteiger partial charge < -0.3 is 15.3 Å². The summed E-state index contributed by atoms with van der Waals surface area (Å²) in [6.07, 6.45) is 4.01. The highest BCUT2D eigenvalue weighted by Crippen LogP contribution is 2.31. The van der Waals surface area contributed by atoms with E-state index in [1.54, 1.807) is 19.4 Å². The van der Waals surface area contributed by atoms with Gasteiger partial charge in [0.25, 0.3) is 0 Å². The lowest BCUT2D eigenvalue weighted by molar-refractivity contribution is -0.128. The molecular weight excluding hydrogens is 232 g/mol.